The molecule has 0 amide bonds. The number of ether oxygens (including phenoxy) is 1. The molecule has 0 aliphatic carbocycles. The molecule has 0 radical (unpaired) electrons. The third-order valence-corrected chi connectivity index (χ3v) is 9.94. The van der Waals surface area contributed by atoms with Crippen molar-refractivity contribution < 1.29 is 31.2 Å². The molecule has 4 rings (SSSR count). The summed E-state index contributed by atoms with van der Waals surface area (Å²) in [5, 5.41) is 1.07. The highest BCUT2D eigenvalue weighted by Gasteiger charge is 2.31. The van der Waals surface area contributed by atoms with Gasteiger partial charge in [0.2, 0.25) is 0 Å². The molecule has 40 heavy (non-hydrogen) atoms. The van der Waals surface area contributed by atoms with Crippen LogP contribution in [-0.2, 0) is 29.6 Å². The molecule has 3 aromatic carbocycles. The van der Waals surface area contributed by atoms with Crippen molar-refractivity contribution in [1.29, 1.82) is 0 Å². The van der Waals surface area contributed by atoms with Crippen LogP contribution in [0.25, 0.3) is 10.8 Å². The topological polar surface area (TPSA) is 131 Å². The van der Waals surface area contributed by atoms with E-state index >= 15 is 0 Å². The van der Waals surface area contributed by atoms with E-state index in [9.17, 15) is 26.4 Å². The maximum absolute atomic E-state index is 13.7. The Morgan fingerprint density at radius 3 is 1.98 bits per heavy atom. The van der Waals surface area contributed by atoms with Gasteiger partial charge in [0.1, 0.15) is 0 Å². The first-order chi connectivity index (χ1) is 19.0. The van der Waals surface area contributed by atoms with E-state index in [0.717, 1.165) is 8.61 Å². The zero-order chi connectivity index (χ0) is 29.1. The molecule has 0 saturated carbocycles. The second-order valence-electron chi connectivity index (χ2n) is 8.46. The molecule has 13 heteroatoms. The number of nitrogens with zero attached hydrogens (tertiary/aromatic N) is 3. The summed E-state index contributed by atoms with van der Waals surface area (Å²) in [5.74, 6) is -0.320. The number of carbonyl (C=O) groups is 2. The highest BCUT2D eigenvalue weighted by molar-refractivity contribution is 7.93. The molecule has 0 spiro atoms. The quantitative estimate of drug-likeness (QED) is 0.138. The van der Waals surface area contributed by atoms with Gasteiger partial charge in [-0.3, -0.25) is 13.9 Å². The normalized spacial score (nSPS) is 11.7. The highest BCUT2D eigenvalue weighted by atomic mass is 35.5. The summed E-state index contributed by atoms with van der Waals surface area (Å²) in [6.07, 6.45) is 1.26. The molecule has 0 unspecified atom stereocenters. The van der Waals surface area contributed by atoms with E-state index in [0.29, 0.717) is 21.4 Å². The molecule has 0 atom stereocenters. The van der Waals surface area contributed by atoms with E-state index in [1.807, 2.05) is 0 Å². The number of ketones is 1. The fraction of sp³-hybridized carbons (Fsp3) is 0.148. The second-order valence-corrected chi connectivity index (χ2v) is 12.6. The summed E-state index contributed by atoms with van der Waals surface area (Å²) in [7, 11) is -8.38. The monoisotopic (exact) mass is 601 g/mol. The summed E-state index contributed by atoms with van der Waals surface area (Å²) in [4.78, 5) is 26.9. The van der Waals surface area contributed by atoms with Crippen molar-refractivity contribution in [2.24, 2.45) is 0 Å². The summed E-state index contributed by atoms with van der Waals surface area (Å²) in [6.45, 7) is 2.48. The number of halogens is 1. The Labute approximate surface area is 236 Å². The van der Waals surface area contributed by atoms with Crippen molar-refractivity contribution in [2.45, 2.75) is 23.6 Å². The largest absolute Gasteiger partial charge is 0.445 e. The lowest BCUT2D eigenvalue weighted by molar-refractivity contribution is -0.128. The van der Waals surface area contributed by atoms with E-state index in [2.05, 4.69) is 4.98 Å². The molecule has 1 aromatic heterocycles. The molecule has 0 aliphatic heterocycles. The Bertz CT molecular complexity index is 1780. The van der Waals surface area contributed by atoms with Crippen LogP contribution < -0.4 is 8.61 Å². The third-order valence-electron chi connectivity index (χ3n) is 6.06. The number of carbonyl (C=O) groups excluding carboxylic acids is 2. The SMILES string of the molecule is CCN(c1cnc(N(COC=O)S(=O)(=O)c2ccc(C(C)=O)cc2)c2ccccc12)S(=O)(=O)c1ccc(Cl)cc1. The van der Waals surface area contributed by atoms with Crippen molar-refractivity contribution in [1.82, 2.24) is 4.98 Å². The molecule has 0 saturated heterocycles. The predicted octanol–water partition coefficient (Wildman–Crippen LogP) is 4.63. The highest BCUT2D eigenvalue weighted by Crippen LogP contribution is 2.36. The molecule has 0 aliphatic rings. The molecular formula is C27H24ClN3O7S2. The number of sulfonamides is 2. The molecule has 1 heterocycles. The molecule has 0 N–H and O–H groups in total. The van der Waals surface area contributed by atoms with Crippen molar-refractivity contribution in [3.63, 3.8) is 0 Å². The van der Waals surface area contributed by atoms with Gasteiger partial charge in [-0.2, -0.15) is 0 Å². The Kier molecular flexibility index (Phi) is 8.43. The van der Waals surface area contributed by atoms with Crippen LogP contribution in [0.15, 0.2) is 88.8 Å². The summed E-state index contributed by atoms with van der Waals surface area (Å²) < 4.78 is 61.3. The molecular weight excluding hydrogens is 578 g/mol. The van der Waals surface area contributed by atoms with E-state index in [1.165, 1.54) is 61.7 Å². The standard InChI is InChI=1S/C27H24ClN3O7S2/c1-3-30(39(34,35)23-14-10-21(28)11-15-23)26-16-29-27(25-7-5-4-6-24(25)26)31(17-38-18-32)40(36,37)22-12-8-20(9-13-22)19(2)33/h4-16,18H,3,17H2,1-2H3. The zero-order valence-corrected chi connectivity index (χ0v) is 23.8. The number of fused-ring (bicyclic) bond motifs is 1. The molecule has 4 aromatic rings. The number of Topliss-reactive ketones (excluding diaryl/α,β-unsaturated/α-hetero) is 1. The van der Waals surface area contributed by atoms with Gasteiger partial charge in [0.25, 0.3) is 26.5 Å². The van der Waals surface area contributed by atoms with E-state index in [1.54, 1.807) is 31.2 Å². The van der Waals surface area contributed by atoms with Crippen LogP contribution in [0.2, 0.25) is 5.02 Å². The average Bonchev–Trinajstić information content (AvgIpc) is 2.94. The van der Waals surface area contributed by atoms with Gasteiger partial charge >= 0.3 is 0 Å². The Morgan fingerprint density at radius 1 is 0.875 bits per heavy atom. The van der Waals surface area contributed by atoms with Gasteiger partial charge in [-0.05, 0) is 50.2 Å². The van der Waals surface area contributed by atoms with Crippen molar-refractivity contribution >= 4 is 66.2 Å². The van der Waals surface area contributed by atoms with Gasteiger partial charge in [-0.15, -0.1) is 0 Å². The number of rotatable bonds is 11. The van der Waals surface area contributed by atoms with Crippen LogP contribution in [-0.4, -0.2) is 47.4 Å². The second kappa shape index (κ2) is 11.6. The van der Waals surface area contributed by atoms with Crippen LogP contribution in [0.5, 0.6) is 0 Å². The molecule has 10 nitrogen and oxygen atoms in total. The Hall–Kier alpha value is -4.00. The molecule has 0 bridgehead atoms. The fourth-order valence-corrected chi connectivity index (χ4v) is 7.01. The first-order valence-electron chi connectivity index (χ1n) is 11.9. The lowest BCUT2D eigenvalue weighted by Gasteiger charge is -2.27. The number of hydrogen-bond acceptors (Lipinski definition) is 8. The maximum Gasteiger partial charge on any atom is 0.294 e. The van der Waals surface area contributed by atoms with Gasteiger partial charge < -0.3 is 4.74 Å². The summed E-state index contributed by atoms with van der Waals surface area (Å²) in [5.41, 5.74) is 0.542. The van der Waals surface area contributed by atoms with E-state index in [-0.39, 0.29) is 40.1 Å². The third kappa shape index (κ3) is 5.51. The van der Waals surface area contributed by atoms with Crippen LogP contribution in [0.1, 0.15) is 24.2 Å². The Morgan fingerprint density at radius 2 is 1.43 bits per heavy atom. The van der Waals surface area contributed by atoms with Crippen molar-refractivity contribution in [3.05, 3.63) is 89.6 Å². The van der Waals surface area contributed by atoms with Crippen LogP contribution >= 0.6 is 11.6 Å². The van der Waals surface area contributed by atoms with Gasteiger partial charge in [-0.1, -0.05) is 48.0 Å². The van der Waals surface area contributed by atoms with E-state index in [4.69, 9.17) is 16.3 Å². The first kappa shape index (κ1) is 29.0. The number of benzene rings is 3. The van der Waals surface area contributed by atoms with Crippen LogP contribution in [0.3, 0.4) is 0 Å². The summed E-state index contributed by atoms with van der Waals surface area (Å²) >= 11 is 5.94. The fourth-order valence-electron chi connectivity index (χ4n) is 4.10. The van der Waals surface area contributed by atoms with Crippen molar-refractivity contribution in [3.8, 4) is 0 Å². The lowest BCUT2D eigenvalue weighted by atomic mass is 10.1. The smallest absolute Gasteiger partial charge is 0.294 e. The number of anilines is 2. The van der Waals surface area contributed by atoms with E-state index < -0.39 is 26.8 Å². The van der Waals surface area contributed by atoms with Gasteiger partial charge in [0, 0.05) is 27.9 Å². The summed E-state index contributed by atoms with van der Waals surface area (Å²) in [6, 6.07) is 17.6. The minimum atomic E-state index is -4.34. The van der Waals surface area contributed by atoms with Crippen LogP contribution in [0.4, 0.5) is 11.5 Å². The molecule has 0 fully saturated rings. The van der Waals surface area contributed by atoms with Crippen LogP contribution in [0, 0.1) is 0 Å². The van der Waals surface area contributed by atoms with Gasteiger partial charge in [0.05, 0.1) is 21.7 Å². The van der Waals surface area contributed by atoms with Crippen molar-refractivity contribution in [2.75, 3.05) is 21.9 Å². The minimum absolute atomic E-state index is 0.0181. The minimum Gasteiger partial charge on any atom is -0.445 e. The van der Waals surface area contributed by atoms with Gasteiger partial charge in [0.15, 0.2) is 18.3 Å². The number of pyridine rings is 1. The predicted molar refractivity (Wildman–Crippen MR) is 152 cm³/mol. The zero-order valence-electron chi connectivity index (χ0n) is 21.4. The Balaban J connectivity index is 1.88. The lowest BCUT2D eigenvalue weighted by Crippen LogP contribution is -2.35. The number of hydrogen-bond donors (Lipinski definition) is 0. The molecule has 208 valence electrons. The maximum atomic E-state index is 13.7. The van der Waals surface area contributed by atoms with Gasteiger partial charge in [-0.25, -0.2) is 26.1 Å². The number of aromatic nitrogens is 1. The average molecular weight is 602 g/mol. The first-order valence-corrected chi connectivity index (χ1v) is 15.1.